The summed E-state index contributed by atoms with van der Waals surface area (Å²) >= 11 is 0. The van der Waals surface area contributed by atoms with E-state index in [4.69, 9.17) is 9.84 Å². The lowest BCUT2D eigenvalue weighted by atomic mass is 9.82. The minimum atomic E-state index is -0.813. The molecule has 0 radical (unpaired) electrons. The fourth-order valence-electron chi connectivity index (χ4n) is 3.00. The molecule has 4 heteroatoms. The summed E-state index contributed by atoms with van der Waals surface area (Å²) in [6, 6.07) is 0.399. The highest BCUT2D eigenvalue weighted by atomic mass is 16.5. The third-order valence-corrected chi connectivity index (χ3v) is 3.75. The zero-order valence-electron chi connectivity index (χ0n) is 9.32. The van der Waals surface area contributed by atoms with Gasteiger partial charge in [-0.15, -0.1) is 0 Å². The molecule has 1 fully saturated rings. The molecule has 2 heterocycles. The van der Waals surface area contributed by atoms with Gasteiger partial charge in [0.1, 0.15) is 6.10 Å². The van der Waals surface area contributed by atoms with Gasteiger partial charge in [-0.25, -0.2) is 0 Å². The van der Waals surface area contributed by atoms with E-state index in [1.165, 1.54) is 0 Å². The molecule has 5 atom stereocenters. The summed E-state index contributed by atoms with van der Waals surface area (Å²) in [6.07, 6.45) is 11.9. The van der Waals surface area contributed by atoms with Crippen molar-refractivity contribution in [3.05, 3.63) is 36.6 Å². The van der Waals surface area contributed by atoms with Crippen molar-refractivity contribution in [1.29, 1.82) is 0 Å². The molecule has 0 aromatic carbocycles. The number of fused-ring (bicyclic) bond motifs is 3. The van der Waals surface area contributed by atoms with Crippen molar-refractivity contribution >= 4 is 5.97 Å². The first kappa shape index (κ1) is 10.6. The van der Waals surface area contributed by atoms with Gasteiger partial charge in [0.25, 0.3) is 0 Å². The van der Waals surface area contributed by atoms with E-state index in [0.29, 0.717) is 17.9 Å². The second-order valence-electron chi connectivity index (χ2n) is 4.74. The number of hydrogen-bond acceptors (Lipinski definition) is 3. The number of carboxylic acids is 1. The Balaban J connectivity index is 1.82. The summed E-state index contributed by atoms with van der Waals surface area (Å²) in [7, 11) is 0. The Hall–Kier alpha value is -1.55. The molecule has 0 aromatic rings. The number of aliphatic carboxylic acids is 1. The van der Waals surface area contributed by atoms with E-state index >= 15 is 0 Å². The van der Waals surface area contributed by atoms with Gasteiger partial charge in [0.05, 0.1) is 18.7 Å². The molecule has 0 aromatic heterocycles. The van der Waals surface area contributed by atoms with Crippen LogP contribution >= 0.6 is 0 Å². The number of carboxylic acid groups (broad SMARTS) is 1. The molecule has 0 spiro atoms. The van der Waals surface area contributed by atoms with Crippen LogP contribution in [0.1, 0.15) is 6.42 Å². The van der Waals surface area contributed by atoms with Gasteiger partial charge in [-0.3, -0.25) is 4.79 Å². The molecule has 90 valence electrons. The highest BCUT2D eigenvalue weighted by molar-refractivity contribution is 5.67. The van der Waals surface area contributed by atoms with Crippen LogP contribution in [0.3, 0.4) is 0 Å². The second-order valence-corrected chi connectivity index (χ2v) is 4.74. The van der Waals surface area contributed by atoms with E-state index < -0.39 is 5.97 Å². The number of nitrogens with one attached hydrogen (secondary N) is 1. The maximum Gasteiger partial charge on any atom is 0.307 e. The van der Waals surface area contributed by atoms with Crippen LogP contribution in [-0.2, 0) is 9.53 Å². The SMILES string of the molecule is O=C(O)CC1OC=CC2C3C=CC=CC3NC12. The van der Waals surface area contributed by atoms with Gasteiger partial charge in [-0.1, -0.05) is 24.3 Å². The summed E-state index contributed by atoms with van der Waals surface area (Å²) in [4.78, 5) is 10.8. The number of hydrogen-bond donors (Lipinski definition) is 2. The molecule has 2 N–H and O–H groups in total. The lowest BCUT2D eigenvalue weighted by molar-refractivity contribution is -0.140. The topological polar surface area (TPSA) is 58.6 Å². The van der Waals surface area contributed by atoms with Crippen LogP contribution in [0.5, 0.6) is 0 Å². The molecule has 5 unspecified atom stereocenters. The van der Waals surface area contributed by atoms with Crippen LogP contribution in [0.2, 0.25) is 0 Å². The Bertz CT molecular complexity index is 413. The van der Waals surface area contributed by atoms with Crippen LogP contribution in [0.15, 0.2) is 36.6 Å². The van der Waals surface area contributed by atoms with Crippen LogP contribution in [-0.4, -0.2) is 29.3 Å². The van der Waals surface area contributed by atoms with Crippen molar-refractivity contribution in [2.24, 2.45) is 11.8 Å². The lowest BCUT2D eigenvalue weighted by Gasteiger charge is -2.30. The van der Waals surface area contributed by atoms with Gasteiger partial charge >= 0.3 is 5.97 Å². The van der Waals surface area contributed by atoms with Crippen LogP contribution in [0.25, 0.3) is 0 Å². The summed E-state index contributed by atoms with van der Waals surface area (Å²) in [5, 5.41) is 12.4. The van der Waals surface area contributed by atoms with Gasteiger partial charge in [0, 0.05) is 17.9 Å². The number of allylic oxidation sites excluding steroid dienone is 2. The first-order chi connectivity index (χ1) is 8.25. The summed E-state index contributed by atoms with van der Waals surface area (Å²) < 4.78 is 5.44. The van der Waals surface area contributed by atoms with Crippen LogP contribution in [0.4, 0.5) is 0 Å². The Morgan fingerprint density at radius 1 is 1.24 bits per heavy atom. The third-order valence-electron chi connectivity index (χ3n) is 3.75. The molecule has 3 rings (SSSR count). The quantitative estimate of drug-likeness (QED) is 0.749. The summed E-state index contributed by atoms with van der Waals surface area (Å²) in [5.41, 5.74) is 0. The molecule has 17 heavy (non-hydrogen) atoms. The average molecular weight is 233 g/mol. The first-order valence-electron chi connectivity index (χ1n) is 5.90. The molecule has 1 saturated heterocycles. The van der Waals surface area contributed by atoms with Crippen molar-refractivity contribution < 1.29 is 14.6 Å². The Morgan fingerprint density at radius 3 is 2.88 bits per heavy atom. The normalized spacial score (nSPS) is 41.8. The molecule has 2 aliphatic heterocycles. The molecular formula is C13H15NO3. The molecule has 0 bridgehead atoms. The number of ether oxygens (including phenoxy) is 1. The van der Waals surface area contributed by atoms with Gasteiger partial charge in [-0.2, -0.15) is 0 Å². The van der Waals surface area contributed by atoms with Crippen molar-refractivity contribution in [2.45, 2.75) is 24.6 Å². The van der Waals surface area contributed by atoms with E-state index in [-0.39, 0.29) is 18.6 Å². The van der Waals surface area contributed by atoms with Crippen molar-refractivity contribution in [3.63, 3.8) is 0 Å². The molecule has 0 amide bonds. The highest BCUT2D eigenvalue weighted by Crippen LogP contribution is 2.37. The van der Waals surface area contributed by atoms with Gasteiger partial charge in [0.15, 0.2) is 0 Å². The van der Waals surface area contributed by atoms with Gasteiger partial charge in [-0.05, 0) is 6.08 Å². The molecule has 3 aliphatic rings. The predicted octanol–water partition coefficient (Wildman–Crippen LogP) is 1.07. The Labute approximate surface area is 99.7 Å². The van der Waals surface area contributed by atoms with Gasteiger partial charge < -0.3 is 15.2 Å². The monoisotopic (exact) mass is 233 g/mol. The van der Waals surface area contributed by atoms with E-state index in [1.54, 1.807) is 6.26 Å². The van der Waals surface area contributed by atoms with Crippen LogP contribution in [0, 0.1) is 11.8 Å². The van der Waals surface area contributed by atoms with Gasteiger partial charge in [0.2, 0.25) is 0 Å². The van der Waals surface area contributed by atoms with Crippen molar-refractivity contribution in [3.8, 4) is 0 Å². The summed E-state index contributed by atoms with van der Waals surface area (Å²) in [5.74, 6) is -0.0625. The lowest BCUT2D eigenvalue weighted by Crippen LogP contribution is -2.44. The Morgan fingerprint density at radius 2 is 2.06 bits per heavy atom. The molecular weight excluding hydrogens is 218 g/mol. The average Bonchev–Trinajstić information content (AvgIpc) is 2.68. The second kappa shape index (κ2) is 4.04. The molecule has 4 nitrogen and oxygen atoms in total. The number of carbonyl (C=O) groups is 1. The fourth-order valence-corrected chi connectivity index (χ4v) is 3.00. The highest BCUT2D eigenvalue weighted by Gasteiger charge is 2.45. The van der Waals surface area contributed by atoms with Crippen molar-refractivity contribution in [1.82, 2.24) is 5.32 Å². The first-order valence-corrected chi connectivity index (χ1v) is 5.90. The zero-order chi connectivity index (χ0) is 11.8. The Kier molecular flexibility index (Phi) is 2.52. The van der Waals surface area contributed by atoms with E-state index in [9.17, 15) is 4.79 Å². The maximum absolute atomic E-state index is 10.8. The standard InChI is InChI=1S/C13H15NO3/c15-12(16)7-11-13-9(5-6-17-11)8-3-1-2-4-10(8)14-13/h1-6,8-11,13-14H,7H2,(H,15,16). The largest absolute Gasteiger partial charge is 0.496 e. The fraction of sp³-hybridized carbons (Fsp3) is 0.462. The number of rotatable bonds is 2. The minimum absolute atomic E-state index is 0.0470. The van der Waals surface area contributed by atoms with Crippen LogP contribution < -0.4 is 5.32 Å². The van der Waals surface area contributed by atoms with E-state index in [0.717, 1.165) is 0 Å². The maximum atomic E-state index is 10.8. The predicted molar refractivity (Wildman–Crippen MR) is 62.2 cm³/mol. The van der Waals surface area contributed by atoms with Crippen molar-refractivity contribution in [2.75, 3.05) is 0 Å². The smallest absolute Gasteiger partial charge is 0.307 e. The molecule has 0 saturated carbocycles. The van der Waals surface area contributed by atoms with E-state index in [1.807, 2.05) is 12.2 Å². The molecule has 1 aliphatic carbocycles. The zero-order valence-corrected chi connectivity index (χ0v) is 9.32. The third kappa shape index (κ3) is 1.78. The summed E-state index contributed by atoms with van der Waals surface area (Å²) in [6.45, 7) is 0. The van der Waals surface area contributed by atoms with E-state index in [2.05, 4.69) is 23.5 Å². The minimum Gasteiger partial charge on any atom is -0.496 e.